The fourth-order valence-electron chi connectivity index (χ4n) is 4.24. The summed E-state index contributed by atoms with van der Waals surface area (Å²) in [5, 5.41) is 14.5. The number of rotatable bonds is 0. The summed E-state index contributed by atoms with van der Waals surface area (Å²) < 4.78 is 0. The molecule has 2 nitrogen and oxygen atoms in total. The van der Waals surface area contributed by atoms with E-state index in [1.807, 2.05) is 6.92 Å². The van der Waals surface area contributed by atoms with Crippen LogP contribution in [-0.4, -0.2) is 21.8 Å². The van der Waals surface area contributed by atoms with Crippen molar-refractivity contribution in [1.82, 2.24) is 5.32 Å². The molecule has 132 valence electrons. The number of aliphatic hydroxyl groups is 1. The molecule has 2 unspecified atom stereocenters. The summed E-state index contributed by atoms with van der Waals surface area (Å²) in [6.07, 6.45) is 11.9. The van der Waals surface area contributed by atoms with Crippen LogP contribution in [0.25, 0.3) is 0 Å². The molecule has 1 fully saturated rings. The number of hydrogen-bond acceptors (Lipinski definition) is 2. The van der Waals surface area contributed by atoms with Crippen molar-refractivity contribution in [3.05, 3.63) is 0 Å². The molecule has 0 saturated carbocycles. The first kappa shape index (κ1) is 20.0. The smallest absolute Gasteiger partial charge is 0.0620 e. The zero-order chi connectivity index (χ0) is 16.9. The summed E-state index contributed by atoms with van der Waals surface area (Å²) in [4.78, 5) is 0. The molecule has 2 atom stereocenters. The lowest BCUT2D eigenvalue weighted by Gasteiger charge is -2.40. The Morgan fingerprint density at radius 2 is 1.36 bits per heavy atom. The van der Waals surface area contributed by atoms with E-state index in [2.05, 4.69) is 39.9 Å². The molecule has 0 aromatic heterocycles. The normalized spacial score (nSPS) is 35.3. The molecule has 2 N–H and O–H groups in total. The highest BCUT2D eigenvalue weighted by molar-refractivity contribution is 4.91. The summed E-state index contributed by atoms with van der Waals surface area (Å²) in [6.45, 7) is 13.7. The summed E-state index contributed by atoms with van der Waals surface area (Å²) in [5.41, 5.74) is -0.265. The molecule has 1 aliphatic heterocycles. The topological polar surface area (TPSA) is 32.3 Å². The summed E-state index contributed by atoms with van der Waals surface area (Å²) in [6, 6.07) is 0. The largest absolute Gasteiger partial charge is 0.390 e. The van der Waals surface area contributed by atoms with Crippen molar-refractivity contribution in [3.63, 3.8) is 0 Å². The van der Waals surface area contributed by atoms with Gasteiger partial charge in [0.1, 0.15) is 0 Å². The Kier molecular flexibility index (Phi) is 7.39. The third-order valence-corrected chi connectivity index (χ3v) is 5.24. The lowest BCUT2D eigenvalue weighted by Crippen LogP contribution is -2.53. The molecular weight excluding hydrogens is 270 g/mol. The van der Waals surface area contributed by atoms with Crippen LogP contribution in [0.5, 0.6) is 0 Å². The summed E-state index contributed by atoms with van der Waals surface area (Å²) in [5.74, 6) is 0.784. The van der Waals surface area contributed by atoms with E-state index in [0.717, 1.165) is 25.2 Å². The molecule has 1 aliphatic rings. The highest BCUT2D eigenvalue weighted by atomic mass is 16.3. The SMILES string of the molecule is CC1CCCCCCCC(C)(O)CCC(C)(C)NC(C)(C)C1. The fraction of sp³-hybridized carbons (Fsp3) is 1.00. The van der Waals surface area contributed by atoms with E-state index in [1.54, 1.807) is 0 Å². The van der Waals surface area contributed by atoms with E-state index < -0.39 is 5.60 Å². The maximum absolute atomic E-state index is 10.6. The van der Waals surface area contributed by atoms with Crippen LogP contribution in [0.4, 0.5) is 0 Å². The molecule has 0 spiro atoms. The third-order valence-electron chi connectivity index (χ3n) is 5.24. The Labute approximate surface area is 139 Å². The minimum atomic E-state index is -0.503. The number of hydrogen-bond donors (Lipinski definition) is 2. The van der Waals surface area contributed by atoms with Gasteiger partial charge in [0.2, 0.25) is 0 Å². The van der Waals surface area contributed by atoms with Gasteiger partial charge in [-0.15, -0.1) is 0 Å². The molecule has 1 saturated heterocycles. The second-order valence-electron chi connectivity index (χ2n) is 9.51. The molecule has 22 heavy (non-hydrogen) atoms. The molecular formula is C20H41NO. The average Bonchev–Trinajstić information content (AvgIpc) is 2.33. The monoisotopic (exact) mass is 311 g/mol. The second-order valence-corrected chi connectivity index (χ2v) is 9.51. The van der Waals surface area contributed by atoms with Crippen LogP contribution in [0.1, 0.15) is 106 Å². The van der Waals surface area contributed by atoms with Gasteiger partial charge in [-0.3, -0.25) is 0 Å². The molecule has 0 radical (unpaired) electrons. The minimum absolute atomic E-state index is 0.0768. The van der Waals surface area contributed by atoms with Gasteiger partial charge in [-0.1, -0.05) is 45.4 Å². The molecule has 1 heterocycles. The first-order chi connectivity index (χ1) is 10.0. The van der Waals surface area contributed by atoms with Gasteiger partial charge in [-0.25, -0.2) is 0 Å². The zero-order valence-corrected chi connectivity index (χ0v) is 16.1. The Bertz CT molecular complexity index is 320. The van der Waals surface area contributed by atoms with Crippen LogP contribution in [0.15, 0.2) is 0 Å². The van der Waals surface area contributed by atoms with Gasteiger partial charge < -0.3 is 10.4 Å². The van der Waals surface area contributed by atoms with Crippen molar-refractivity contribution < 1.29 is 5.11 Å². The van der Waals surface area contributed by atoms with Crippen LogP contribution in [0.3, 0.4) is 0 Å². The predicted octanol–water partition coefficient (Wildman–Crippen LogP) is 5.43. The van der Waals surface area contributed by atoms with Crippen molar-refractivity contribution in [3.8, 4) is 0 Å². The van der Waals surface area contributed by atoms with E-state index in [9.17, 15) is 5.11 Å². The van der Waals surface area contributed by atoms with Gasteiger partial charge in [-0.05, 0) is 66.2 Å². The second kappa shape index (κ2) is 8.15. The van der Waals surface area contributed by atoms with Crippen LogP contribution < -0.4 is 5.32 Å². The highest BCUT2D eigenvalue weighted by Gasteiger charge is 2.31. The maximum atomic E-state index is 10.6. The molecule has 0 amide bonds. The summed E-state index contributed by atoms with van der Waals surface area (Å²) >= 11 is 0. The van der Waals surface area contributed by atoms with Crippen molar-refractivity contribution >= 4 is 0 Å². The van der Waals surface area contributed by atoms with Crippen molar-refractivity contribution in [2.45, 2.75) is 122 Å². The van der Waals surface area contributed by atoms with Crippen LogP contribution >= 0.6 is 0 Å². The molecule has 2 heteroatoms. The summed E-state index contributed by atoms with van der Waals surface area (Å²) in [7, 11) is 0. The molecule has 0 aromatic rings. The van der Waals surface area contributed by atoms with Gasteiger partial charge in [-0.2, -0.15) is 0 Å². The van der Waals surface area contributed by atoms with Crippen LogP contribution in [0.2, 0.25) is 0 Å². The van der Waals surface area contributed by atoms with Gasteiger partial charge >= 0.3 is 0 Å². The van der Waals surface area contributed by atoms with Crippen LogP contribution in [0, 0.1) is 5.92 Å². The highest BCUT2D eigenvalue weighted by Crippen LogP contribution is 2.29. The van der Waals surface area contributed by atoms with Gasteiger partial charge in [0, 0.05) is 11.1 Å². The Hall–Kier alpha value is -0.0800. The van der Waals surface area contributed by atoms with Crippen molar-refractivity contribution in [2.75, 3.05) is 0 Å². The van der Waals surface area contributed by atoms with E-state index in [4.69, 9.17) is 0 Å². The standard InChI is InChI=1S/C20H41NO/c1-17-12-10-8-7-9-11-13-20(6,22)15-14-18(2,3)21-19(4,5)16-17/h17,21-22H,7-16H2,1-6H3. The predicted molar refractivity (Wildman–Crippen MR) is 97.3 cm³/mol. The zero-order valence-electron chi connectivity index (χ0n) is 16.1. The van der Waals surface area contributed by atoms with Crippen LogP contribution in [-0.2, 0) is 0 Å². The maximum Gasteiger partial charge on any atom is 0.0620 e. The fourth-order valence-corrected chi connectivity index (χ4v) is 4.24. The number of nitrogens with one attached hydrogen (secondary N) is 1. The molecule has 0 bridgehead atoms. The van der Waals surface area contributed by atoms with Crippen molar-refractivity contribution in [2.24, 2.45) is 5.92 Å². The van der Waals surface area contributed by atoms with Gasteiger partial charge in [0.25, 0.3) is 0 Å². The average molecular weight is 312 g/mol. The first-order valence-corrected chi connectivity index (χ1v) is 9.53. The Morgan fingerprint density at radius 3 is 2.05 bits per heavy atom. The van der Waals surface area contributed by atoms with Crippen molar-refractivity contribution in [1.29, 1.82) is 0 Å². The van der Waals surface area contributed by atoms with E-state index in [-0.39, 0.29) is 11.1 Å². The quantitative estimate of drug-likeness (QED) is 0.625. The Balaban J connectivity index is 2.71. The molecule has 0 aromatic carbocycles. The minimum Gasteiger partial charge on any atom is -0.390 e. The van der Waals surface area contributed by atoms with E-state index >= 15 is 0 Å². The third kappa shape index (κ3) is 8.53. The van der Waals surface area contributed by atoms with Gasteiger partial charge in [0.05, 0.1) is 5.60 Å². The van der Waals surface area contributed by atoms with Gasteiger partial charge in [0.15, 0.2) is 0 Å². The lowest BCUT2D eigenvalue weighted by molar-refractivity contribution is 0.0283. The van der Waals surface area contributed by atoms with E-state index in [1.165, 1.54) is 44.9 Å². The molecule has 1 rings (SSSR count). The molecule has 0 aliphatic carbocycles. The van der Waals surface area contributed by atoms with E-state index in [0.29, 0.717) is 0 Å². The first-order valence-electron chi connectivity index (χ1n) is 9.53. The lowest BCUT2D eigenvalue weighted by atomic mass is 9.83. The Morgan fingerprint density at radius 1 is 0.773 bits per heavy atom.